The fourth-order valence-electron chi connectivity index (χ4n) is 5.74. The van der Waals surface area contributed by atoms with Crippen LogP contribution in [-0.2, 0) is 5.41 Å². The Morgan fingerprint density at radius 3 is 1.97 bits per heavy atom. The van der Waals surface area contributed by atoms with Gasteiger partial charge in [0.15, 0.2) is 0 Å². The van der Waals surface area contributed by atoms with Gasteiger partial charge in [-0.05, 0) is 58.7 Å². The first-order chi connectivity index (χ1) is 17.6. The molecule has 0 fully saturated rings. The van der Waals surface area contributed by atoms with Gasteiger partial charge in [0.05, 0.1) is 22.4 Å². The third-order valence-corrected chi connectivity index (χ3v) is 7.56. The molecule has 0 atom stereocenters. The molecule has 0 N–H and O–H groups in total. The van der Waals surface area contributed by atoms with Gasteiger partial charge in [-0.25, -0.2) is 0 Å². The Labute approximate surface area is 210 Å². The molecule has 0 aliphatic carbocycles. The number of aromatic nitrogens is 2. The lowest BCUT2D eigenvalue weighted by molar-refractivity contribution is 0.632. The normalized spacial score (nSPS) is 14.0. The van der Waals surface area contributed by atoms with Crippen LogP contribution >= 0.6 is 0 Å². The summed E-state index contributed by atoms with van der Waals surface area (Å²) in [5.41, 5.74) is 10.5. The molecule has 2 aromatic heterocycles. The maximum absolute atomic E-state index is 4.68. The van der Waals surface area contributed by atoms with E-state index in [0.29, 0.717) is 0 Å². The Balaban J connectivity index is 1.37. The van der Waals surface area contributed by atoms with Gasteiger partial charge in [-0.1, -0.05) is 80.6 Å². The largest absolute Gasteiger partial charge is 0.310 e. The monoisotopic (exact) mass is 463 g/mol. The smallest absolute Gasteiger partial charge is 0.0970 e. The molecule has 172 valence electrons. The second-order valence-corrected chi connectivity index (χ2v) is 9.94. The molecule has 0 saturated heterocycles. The van der Waals surface area contributed by atoms with Crippen LogP contribution in [0.2, 0.25) is 0 Å². The molecule has 3 nitrogen and oxygen atoms in total. The van der Waals surface area contributed by atoms with Crippen molar-refractivity contribution in [2.75, 3.05) is 4.90 Å². The zero-order valence-corrected chi connectivity index (χ0v) is 20.3. The molecule has 36 heavy (non-hydrogen) atoms. The number of rotatable bonds is 2. The first-order valence-electron chi connectivity index (χ1n) is 12.3. The van der Waals surface area contributed by atoms with Gasteiger partial charge in [-0.3, -0.25) is 9.97 Å². The topological polar surface area (TPSA) is 29.0 Å². The minimum absolute atomic E-state index is 0.0591. The lowest BCUT2D eigenvalue weighted by atomic mass is 9.73. The predicted octanol–water partition coefficient (Wildman–Crippen LogP) is 8.56. The molecule has 0 saturated carbocycles. The fraction of sp³-hybridized carbons (Fsp3) is 0.0909. The molecule has 0 radical (unpaired) electrons. The summed E-state index contributed by atoms with van der Waals surface area (Å²) in [6.07, 6.45) is 3.72. The maximum atomic E-state index is 4.68. The van der Waals surface area contributed by atoms with Crippen molar-refractivity contribution >= 4 is 38.9 Å². The van der Waals surface area contributed by atoms with Gasteiger partial charge in [0.2, 0.25) is 0 Å². The molecule has 3 heterocycles. The van der Waals surface area contributed by atoms with E-state index in [1.807, 2.05) is 18.5 Å². The number of fused-ring (bicyclic) bond motifs is 5. The zero-order chi connectivity index (χ0) is 24.3. The lowest BCUT2D eigenvalue weighted by Gasteiger charge is -2.42. The molecule has 0 amide bonds. The molecule has 7 rings (SSSR count). The maximum Gasteiger partial charge on any atom is 0.0970 e. The van der Waals surface area contributed by atoms with Crippen LogP contribution in [0.1, 0.15) is 25.0 Å². The average molecular weight is 464 g/mol. The molecule has 0 unspecified atom stereocenters. The van der Waals surface area contributed by atoms with Gasteiger partial charge in [-0.15, -0.1) is 0 Å². The van der Waals surface area contributed by atoms with Crippen molar-refractivity contribution in [1.29, 1.82) is 0 Å². The number of nitrogens with zero attached hydrogens (tertiary/aromatic N) is 3. The average Bonchev–Trinajstić information content (AvgIpc) is 2.93. The lowest BCUT2D eigenvalue weighted by Crippen LogP contribution is -2.30. The van der Waals surface area contributed by atoms with E-state index in [2.05, 4.69) is 126 Å². The van der Waals surface area contributed by atoms with Crippen molar-refractivity contribution in [3.8, 4) is 11.1 Å². The number of para-hydroxylation sites is 2. The Hall–Kier alpha value is -4.50. The molecular formula is C33H25N3. The summed E-state index contributed by atoms with van der Waals surface area (Å²) >= 11 is 0. The van der Waals surface area contributed by atoms with Gasteiger partial charge < -0.3 is 4.90 Å². The van der Waals surface area contributed by atoms with Crippen molar-refractivity contribution in [3.05, 3.63) is 127 Å². The molecule has 1 aliphatic rings. The highest BCUT2D eigenvalue weighted by atomic mass is 15.2. The first-order valence-corrected chi connectivity index (χ1v) is 12.3. The van der Waals surface area contributed by atoms with Crippen LogP contribution in [-0.4, -0.2) is 9.97 Å². The summed E-state index contributed by atoms with van der Waals surface area (Å²) < 4.78 is 0. The molecule has 4 aromatic carbocycles. The molecule has 0 bridgehead atoms. The van der Waals surface area contributed by atoms with Crippen LogP contribution in [0.3, 0.4) is 0 Å². The fourth-order valence-corrected chi connectivity index (χ4v) is 5.74. The van der Waals surface area contributed by atoms with E-state index in [9.17, 15) is 0 Å². The summed E-state index contributed by atoms with van der Waals surface area (Å²) in [6, 6.07) is 36.9. The van der Waals surface area contributed by atoms with Crippen LogP contribution in [0, 0.1) is 0 Å². The van der Waals surface area contributed by atoms with E-state index in [1.54, 1.807) is 0 Å². The van der Waals surface area contributed by atoms with Gasteiger partial charge in [0, 0.05) is 34.3 Å². The van der Waals surface area contributed by atoms with E-state index in [4.69, 9.17) is 0 Å². The SMILES string of the molecule is CC1(C)c2ccccc2N(c2ccc(-c3ccnc4c3ccc3cccnc34)cc2)c2ccccc21. The summed E-state index contributed by atoms with van der Waals surface area (Å²) in [6.45, 7) is 4.64. The van der Waals surface area contributed by atoms with Crippen LogP contribution in [0.5, 0.6) is 0 Å². The van der Waals surface area contributed by atoms with Gasteiger partial charge in [-0.2, -0.15) is 0 Å². The summed E-state index contributed by atoms with van der Waals surface area (Å²) in [5.74, 6) is 0. The van der Waals surface area contributed by atoms with Crippen molar-refractivity contribution in [1.82, 2.24) is 9.97 Å². The molecular weight excluding hydrogens is 438 g/mol. The van der Waals surface area contributed by atoms with E-state index < -0.39 is 0 Å². The summed E-state index contributed by atoms with van der Waals surface area (Å²) in [5, 5.41) is 2.22. The van der Waals surface area contributed by atoms with Gasteiger partial charge in [0.1, 0.15) is 0 Å². The summed E-state index contributed by atoms with van der Waals surface area (Å²) in [7, 11) is 0. The quantitative estimate of drug-likeness (QED) is 0.241. The van der Waals surface area contributed by atoms with Crippen LogP contribution in [0.15, 0.2) is 116 Å². The number of hydrogen-bond donors (Lipinski definition) is 0. The minimum atomic E-state index is -0.0591. The standard InChI is InChI=1S/C33H25N3/c1-33(2)27-9-3-5-11-29(27)36(30-12-6-4-10-28(30)33)24-16-13-22(14-17-24)25-19-21-35-32-26(25)18-15-23-8-7-20-34-31(23)32/h3-21H,1-2H3. The van der Waals surface area contributed by atoms with E-state index >= 15 is 0 Å². The van der Waals surface area contributed by atoms with Crippen molar-refractivity contribution < 1.29 is 0 Å². The molecule has 0 spiro atoms. The van der Waals surface area contributed by atoms with E-state index in [1.165, 1.54) is 33.6 Å². The Morgan fingerprint density at radius 2 is 1.25 bits per heavy atom. The Kier molecular flexibility index (Phi) is 4.49. The van der Waals surface area contributed by atoms with Gasteiger partial charge in [0.25, 0.3) is 0 Å². The molecule has 3 heteroatoms. The van der Waals surface area contributed by atoms with Crippen molar-refractivity contribution in [2.24, 2.45) is 0 Å². The third-order valence-electron chi connectivity index (χ3n) is 7.56. The number of hydrogen-bond acceptors (Lipinski definition) is 3. The highest BCUT2D eigenvalue weighted by Gasteiger charge is 2.36. The Morgan fingerprint density at radius 1 is 0.583 bits per heavy atom. The second kappa shape index (κ2) is 7.76. The Bertz CT molecular complexity index is 1720. The number of benzene rings is 4. The van der Waals surface area contributed by atoms with Crippen LogP contribution in [0.4, 0.5) is 17.1 Å². The predicted molar refractivity (Wildman–Crippen MR) is 149 cm³/mol. The van der Waals surface area contributed by atoms with E-state index in [0.717, 1.165) is 27.5 Å². The van der Waals surface area contributed by atoms with Crippen LogP contribution in [0.25, 0.3) is 32.9 Å². The van der Waals surface area contributed by atoms with E-state index in [-0.39, 0.29) is 5.41 Å². The van der Waals surface area contributed by atoms with Crippen molar-refractivity contribution in [2.45, 2.75) is 19.3 Å². The third kappa shape index (κ3) is 2.99. The summed E-state index contributed by atoms with van der Waals surface area (Å²) in [4.78, 5) is 11.7. The molecule has 1 aliphatic heterocycles. The van der Waals surface area contributed by atoms with Crippen LogP contribution < -0.4 is 4.90 Å². The van der Waals surface area contributed by atoms with Crippen molar-refractivity contribution in [3.63, 3.8) is 0 Å². The minimum Gasteiger partial charge on any atom is -0.310 e. The highest BCUT2D eigenvalue weighted by molar-refractivity contribution is 6.08. The second-order valence-electron chi connectivity index (χ2n) is 9.94. The molecule has 6 aromatic rings. The van der Waals surface area contributed by atoms with Gasteiger partial charge >= 0.3 is 0 Å². The number of pyridine rings is 2. The highest BCUT2D eigenvalue weighted by Crippen LogP contribution is 2.51. The zero-order valence-electron chi connectivity index (χ0n) is 20.3. The first kappa shape index (κ1) is 20.8. The number of anilines is 3.